The van der Waals surface area contributed by atoms with Gasteiger partial charge in [-0.3, -0.25) is 0 Å². The van der Waals surface area contributed by atoms with E-state index >= 15 is 0 Å². The maximum Gasteiger partial charge on any atom is -1.00 e. The van der Waals surface area contributed by atoms with Gasteiger partial charge in [-0.15, -0.1) is 5.56 Å². The van der Waals surface area contributed by atoms with Crippen LogP contribution in [0.1, 0.15) is 119 Å². The fourth-order valence-corrected chi connectivity index (χ4v) is 5.93. The van der Waals surface area contributed by atoms with Crippen LogP contribution in [0.2, 0.25) is 0 Å². The predicted octanol–water partition coefficient (Wildman–Crippen LogP) is 5.64. The molecule has 0 saturated heterocycles. The van der Waals surface area contributed by atoms with Crippen molar-refractivity contribution in [3.63, 3.8) is 0 Å². The van der Waals surface area contributed by atoms with E-state index in [9.17, 15) is 13.2 Å². The molecule has 0 heterocycles. The first kappa shape index (κ1) is 43.2. The van der Waals surface area contributed by atoms with E-state index in [1.807, 2.05) is 3.71 Å². The van der Waals surface area contributed by atoms with Gasteiger partial charge in [0.05, 0.1) is 0 Å². The van der Waals surface area contributed by atoms with Crippen molar-refractivity contribution >= 4 is 3.71 Å². The van der Waals surface area contributed by atoms with Gasteiger partial charge in [0.15, 0.2) is 0 Å². The standard InChI is InChI=1S/C21H25.C12H19.C8H5F3.2ClH.Zr/c1-20(2,3)16-9-7-14-11-15-8-10-17(21(4,5)6)13-19(15)18(14)12-16;1-6-10-7-9(2)8-11(10)12(3,4)5;1-6-2-4-7(5-3-6)8(9,10)11;;;/h7,9-10,12-13H,11H2,1-6H3;7-8H,6H2,1-5H3;1-5H;2*1H;/q2*-1;;;;+2/p-2. The zero-order chi connectivity index (χ0) is 34.0. The van der Waals surface area contributed by atoms with E-state index in [0.29, 0.717) is 5.41 Å². The monoisotopic (exact) mass is 758 g/mol. The topological polar surface area (TPSA) is 0 Å². The molecule has 1 aliphatic carbocycles. The normalized spacial score (nSPS) is 12.3. The first-order chi connectivity index (χ1) is 20.6. The van der Waals surface area contributed by atoms with Crippen LogP contribution < -0.4 is 24.8 Å². The number of hydrogen-bond donors (Lipinski definition) is 0. The van der Waals surface area contributed by atoms with Crippen LogP contribution in [-0.2, 0) is 59.5 Å². The fraction of sp³-hybridized carbons (Fsp3) is 0.415. The molecule has 0 nitrogen and oxygen atoms in total. The number of aryl methyl sites for hydroxylation is 2. The molecule has 47 heavy (non-hydrogen) atoms. The van der Waals surface area contributed by atoms with E-state index in [1.165, 1.54) is 86.4 Å². The van der Waals surface area contributed by atoms with Gasteiger partial charge in [-0.1, -0.05) is 123 Å². The van der Waals surface area contributed by atoms with E-state index in [-0.39, 0.29) is 35.6 Å². The summed E-state index contributed by atoms with van der Waals surface area (Å²) in [6.07, 6.45) is -2.04. The van der Waals surface area contributed by atoms with Crippen molar-refractivity contribution in [1.29, 1.82) is 0 Å². The third kappa shape index (κ3) is 11.6. The van der Waals surface area contributed by atoms with Crippen LogP contribution in [0.25, 0.3) is 11.1 Å². The number of hydrogen-bond acceptors (Lipinski definition) is 0. The summed E-state index contributed by atoms with van der Waals surface area (Å²) < 4.78 is 37.9. The number of halogens is 5. The minimum atomic E-state index is -4.22. The molecule has 0 saturated carbocycles. The summed E-state index contributed by atoms with van der Waals surface area (Å²) in [4.78, 5) is 0. The van der Waals surface area contributed by atoms with Crippen LogP contribution >= 0.6 is 0 Å². The van der Waals surface area contributed by atoms with Crippen molar-refractivity contribution in [2.75, 3.05) is 0 Å². The Labute approximate surface area is 309 Å². The SMILES string of the molecule is CC(C)(C)c1c[c-]c2c(c1)-c1cc(C(C)(C)C)ccc1C2.CCc1[cH-]c(C)cc1C(C)(C)C.FC(F)(F)c1ccc([CH]=[Zr+2])cc1.[Cl-].[Cl-]. The van der Waals surface area contributed by atoms with Gasteiger partial charge < -0.3 is 24.8 Å². The van der Waals surface area contributed by atoms with E-state index in [2.05, 4.69) is 125 Å². The van der Waals surface area contributed by atoms with Gasteiger partial charge in [0.2, 0.25) is 0 Å². The van der Waals surface area contributed by atoms with E-state index in [4.69, 9.17) is 0 Å². The van der Waals surface area contributed by atoms with Crippen LogP contribution in [0.15, 0.2) is 66.7 Å². The van der Waals surface area contributed by atoms with Gasteiger partial charge in [-0.2, -0.15) is 52.1 Å². The number of alkyl halides is 3. The second-order valence-corrected chi connectivity index (χ2v) is 15.9. The van der Waals surface area contributed by atoms with Crippen molar-refractivity contribution in [1.82, 2.24) is 0 Å². The van der Waals surface area contributed by atoms with Crippen molar-refractivity contribution in [2.45, 2.75) is 111 Å². The third-order valence-corrected chi connectivity index (χ3v) is 9.06. The van der Waals surface area contributed by atoms with Gasteiger partial charge in [0, 0.05) is 0 Å². The molecule has 254 valence electrons. The van der Waals surface area contributed by atoms with E-state index in [1.54, 1.807) is 0 Å². The molecule has 0 unspecified atom stereocenters. The van der Waals surface area contributed by atoms with Crippen LogP contribution in [0.3, 0.4) is 0 Å². The summed E-state index contributed by atoms with van der Waals surface area (Å²) in [7, 11) is 0. The Kier molecular flexibility index (Phi) is 15.3. The molecule has 0 aromatic heterocycles. The van der Waals surface area contributed by atoms with Gasteiger partial charge in [0.1, 0.15) is 0 Å². The Balaban J connectivity index is 0.000000369. The number of rotatable bonds is 2. The summed E-state index contributed by atoms with van der Waals surface area (Å²) in [5.74, 6) is 0. The summed E-state index contributed by atoms with van der Waals surface area (Å²) in [5, 5.41) is 0. The Hall–Kier alpha value is -1.87. The Morgan fingerprint density at radius 2 is 1.28 bits per heavy atom. The molecule has 4 aromatic carbocycles. The second kappa shape index (κ2) is 16.7. The minimum absolute atomic E-state index is 0. The zero-order valence-corrected chi connectivity index (χ0v) is 33.7. The molecular formula is C41H49Cl2F3Zr-2. The number of benzene rings is 3. The fourth-order valence-electron chi connectivity index (χ4n) is 5.46. The summed E-state index contributed by atoms with van der Waals surface area (Å²) >= 11 is 1.18. The predicted molar refractivity (Wildman–Crippen MR) is 182 cm³/mol. The number of fused-ring (bicyclic) bond motifs is 3. The average Bonchev–Trinajstić information content (AvgIpc) is 3.51. The summed E-state index contributed by atoms with van der Waals surface area (Å²) in [5.41, 5.74) is 13.7. The third-order valence-electron chi connectivity index (χ3n) is 8.24. The van der Waals surface area contributed by atoms with Gasteiger partial charge in [-0.05, 0) is 17.4 Å². The van der Waals surface area contributed by atoms with Crippen molar-refractivity contribution in [3.05, 3.63) is 123 Å². The molecule has 0 atom stereocenters. The van der Waals surface area contributed by atoms with Crippen LogP contribution in [0.4, 0.5) is 13.2 Å². The second-order valence-electron chi connectivity index (χ2n) is 15.2. The molecule has 0 radical (unpaired) electrons. The molecule has 1 aliphatic rings. The van der Waals surface area contributed by atoms with Crippen molar-refractivity contribution in [3.8, 4) is 11.1 Å². The minimum Gasteiger partial charge on any atom is -1.00 e. The Morgan fingerprint density at radius 1 is 0.745 bits per heavy atom. The van der Waals surface area contributed by atoms with E-state index in [0.717, 1.165) is 30.5 Å². The summed E-state index contributed by atoms with van der Waals surface area (Å²) in [6.45, 7) is 24.9. The Morgan fingerprint density at radius 3 is 1.72 bits per heavy atom. The maximum absolute atomic E-state index is 12.0. The van der Waals surface area contributed by atoms with Crippen LogP contribution in [0.5, 0.6) is 0 Å². The largest absolute Gasteiger partial charge is 1.00 e. The molecule has 0 spiro atoms. The van der Waals surface area contributed by atoms with Crippen LogP contribution in [0, 0.1) is 13.0 Å². The zero-order valence-electron chi connectivity index (χ0n) is 29.7. The molecule has 5 rings (SSSR count). The van der Waals surface area contributed by atoms with Crippen LogP contribution in [-0.4, -0.2) is 3.71 Å². The van der Waals surface area contributed by atoms with Gasteiger partial charge >= 0.3 is 82.7 Å². The Bertz CT molecular complexity index is 1550. The molecule has 0 aliphatic heterocycles. The molecule has 0 bridgehead atoms. The molecule has 0 fully saturated rings. The molecule has 0 N–H and O–H groups in total. The maximum atomic E-state index is 12.0. The van der Waals surface area contributed by atoms with Gasteiger partial charge in [0.25, 0.3) is 0 Å². The van der Waals surface area contributed by atoms with Crippen molar-refractivity contribution in [2.24, 2.45) is 0 Å². The molecule has 0 amide bonds. The summed E-state index contributed by atoms with van der Waals surface area (Å²) in [6, 6.07) is 24.8. The molecule has 6 heteroatoms. The quantitative estimate of drug-likeness (QED) is 0.205. The van der Waals surface area contributed by atoms with Gasteiger partial charge in [-0.25, -0.2) is 6.07 Å². The molecular weight excluding hydrogens is 712 g/mol. The first-order valence-corrected chi connectivity index (χ1v) is 17.2. The average molecular weight is 761 g/mol. The molecule has 4 aromatic rings. The first-order valence-electron chi connectivity index (χ1n) is 15.8. The smallest absolute Gasteiger partial charge is 1.00 e. The van der Waals surface area contributed by atoms with Crippen molar-refractivity contribution < 1.29 is 62.2 Å². The van der Waals surface area contributed by atoms with E-state index < -0.39 is 11.7 Å².